The zero-order chi connectivity index (χ0) is 20.4. The first-order valence-electron chi connectivity index (χ1n) is 9.69. The van der Waals surface area contributed by atoms with Gasteiger partial charge in [0.1, 0.15) is 11.6 Å². The topological polar surface area (TPSA) is 80.3 Å². The molecule has 0 radical (unpaired) electrons. The van der Waals surface area contributed by atoms with E-state index in [9.17, 15) is 9.59 Å². The number of carbonyl (C=O) groups excluding carboxylic acids is 2. The third kappa shape index (κ3) is 3.66. The molecule has 1 amide bonds. The summed E-state index contributed by atoms with van der Waals surface area (Å²) in [6, 6.07) is 12.9. The Morgan fingerprint density at radius 3 is 2.83 bits per heavy atom. The van der Waals surface area contributed by atoms with Crippen LogP contribution in [0.25, 0.3) is 0 Å². The standard InChI is InChI=1S/C23H23N3O3/c1-14-20(23(28)26-19-11-3-4-12-24-19)21(15-7-5-8-16(13-15)29-2)22-17(25-14)9-6-10-18(22)27/h3-5,7-8,11-13,21,25H,6,9-10H2,1-2H3,(H,24,26,28)/t21-/m0/s1. The van der Waals surface area contributed by atoms with E-state index in [2.05, 4.69) is 15.6 Å². The van der Waals surface area contributed by atoms with Crippen molar-refractivity contribution in [3.05, 3.63) is 76.8 Å². The van der Waals surface area contributed by atoms with Gasteiger partial charge in [-0.2, -0.15) is 0 Å². The van der Waals surface area contributed by atoms with Crippen LogP contribution in [0.15, 0.2) is 71.2 Å². The van der Waals surface area contributed by atoms with Crippen molar-refractivity contribution in [1.29, 1.82) is 0 Å². The van der Waals surface area contributed by atoms with Crippen molar-refractivity contribution in [3.8, 4) is 5.75 Å². The van der Waals surface area contributed by atoms with Gasteiger partial charge in [-0.25, -0.2) is 4.98 Å². The molecule has 29 heavy (non-hydrogen) atoms. The Morgan fingerprint density at radius 1 is 1.21 bits per heavy atom. The van der Waals surface area contributed by atoms with Gasteiger partial charge >= 0.3 is 0 Å². The van der Waals surface area contributed by atoms with Gasteiger partial charge in [0.25, 0.3) is 5.91 Å². The summed E-state index contributed by atoms with van der Waals surface area (Å²) in [4.78, 5) is 30.4. The second kappa shape index (κ2) is 7.91. The number of ether oxygens (including phenoxy) is 1. The third-order valence-corrected chi connectivity index (χ3v) is 5.35. The number of hydrogen-bond donors (Lipinski definition) is 2. The van der Waals surface area contributed by atoms with E-state index in [1.54, 1.807) is 25.4 Å². The summed E-state index contributed by atoms with van der Waals surface area (Å²) >= 11 is 0. The van der Waals surface area contributed by atoms with Crippen LogP contribution < -0.4 is 15.4 Å². The van der Waals surface area contributed by atoms with Crippen LogP contribution in [0, 0.1) is 0 Å². The maximum Gasteiger partial charge on any atom is 0.255 e. The fourth-order valence-electron chi connectivity index (χ4n) is 4.06. The third-order valence-electron chi connectivity index (χ3n) is 5.35. The Labute approximate surface area is 169 Å². The number of nitrogens with zero attached hydrogens (tertiary/aromatic N) is 1. The molecular weight excluding hydrogens is 366 g/mol. The number of benzene rings is 1. The number of hydrogen-bond acceptors (Lipinski definition) is 5. The van der Waals surface area contributed by atoms with E-state index >= 15 is 0 Å². The lowest BCUT2D eigenvalue weighted by molar-refractivity contribution is -0.116. The molecule has 2 aliphatic rings. The fourth-order valence-corrected chi connectivity index (χ4v) is 4.06. The van der Waals surface area contributed by atoms with Crippen molar-refractivity contribution in [3.63, 3.8) is 0 Å². The van der Waals surface area contributed by atoms with E-state index in [-0.39, 0.29) is 11.7 Å². The van der Waals surface area contributed by atoms with Crippen LogP contribution in [0.4, 0.5) is 5.82 Å². The van der Waals surface area contributed by atoms with E-state index in [1.165, 1.54) is 0 Å². The van der Waals surface area contributed by atoms with Crippen LogP contribution in [0.3, 0.4) is 0 Å². The summed E-state index contributed by atoms with van der Waals surface area (Å²) in [5.41, 5.74) is 3.74. The van der Waals surface area contributed by atoms with Gasteiger partial charge in [0, 0.05) is 41.1 Å². The first-order chi connectivity index (χ1) is 14.1. The van der Waals surface area contributed by atoms with Crippen molar-refractivity contribution in [2.75, 3.05) is 12.4 Å². The summed E-state index contributed by atoms with van der Waals surface area (Å²) in [5, 5.41) is 6.19. The zero-order valence-corrected chi connectivity index (χ0v) is 16.5. The van der Waals surface area contributed by atoms with Gasteiger partial charge in [-0.1, -0.05) is 18.2 Å². The number of rotatable bonds is 4. The van der Waals surface area contributed by atoms with Gasteiger partial charge in [-0.15, -0.1) is 0 Å². The van der Waals surface area contributed by atoms with E-state index in [0.29, 0.717) is 29.1 Å². The predicted molar refractivity (Wildman–Crippen MR) is 110 cm³/mol. The smallest absolute Gasteiger partial charge is 0.255 e. The van der Waals surface area contributed by atoms with Crippen molar-refractivity contribution >= 4 is 17.5 Å². The number of allylic oxidation sites excluding steroid dienone is 3. The maximum absolute atomic E-state index is 13.3. The average Bonchev–Trinajstić information content (AvgIpc) is 2.73. The molecule has 1 aromatic heterocycles. The molecule has 0 unspecified atom stereocenters. The average molecular weight is 389 g/mol. The van der Waals surface area contributed by atoms with Crippen LogP contribution >= 0.6 is 0 Å². The molecule has 1 atom stereocenters. The number of pyridine rings is 1. The minimum atomic E-state index is -0.446. The number of methoxy groups -OCH3 is 1. The molecule has 0 bridgehead atoms. The Bertz CT molecular complexity index is 1020. The molecule has 4 rings (SSSR count). The van der Waals surface area contributed by atoms with Gasteiger partial charge in [0.2, 0.25) is 0 Å². The second-order valence-electron chi connectivity index (χ2n) is 7.21. The quantitative estimate of drug-likeness (QED) is 0.834. The van der Waals surface area contributed by atoms with Crippen LogP contribution in [-0.2, 0) is 9.59 Å². The Balaban J connectivity index is 1.81. The molecule has 6 heteroatoms. The number of dihydropyridines is 1. The van der Waals surface area contributed by atoms with Crippen molar-refractivity contribution in [2.24, 2.45) is 0 Å². The second-order valence-corrected chi connectivity index (χ2v) is 7.21. The first-order valence-corrected chi connectivity index (χ1v) is 9.69. The van der Waals surface area contributed by atoms with Gasteiger partial charge in [0.15, 0.2) is 5.78 Å². The lowest BCUT2D eigenvalue weighted by Gasteiger charge is -2.34. The molecular formula is C23H23N3O3. The molecule has 1 aliphatic carbocycles. The normalized spacial score (nSPS) is 18.8. The van der Waals surface area contributed by atoms with Gasteiger partial charge in [-0.05, 0) is 49.6 Å². The minimum absolute atomic E-state index is 0.0854. The zero-order valence-electron chi connectivity index (χ0n) is 16.5. The number of ketones is 1. The highest BCUT2D eigenvalue weighted by Gasteiger charge is 2.38. The lowest BCUT2D eigenvalue weighted by atomic mass is 9.75. The molecule has 1 aliphatic heterocycles. The molecule has 148 valence electrons. The van der Waals surface area contributed by atoms with E-state index in [0.717, 1.165) is 29.8 Å². The van der Waals surface area contributed by atoms with Crippen molar-refractivity contribution in [2.45, 2.75) is 32.1 Å². The van der Waals surface area contributed by atoms with E-state index in [4.69, 9.17) is 4.74 Å². The molecule has 0 saturated carbocycles. The predicted octanol–water partition coefficient (Wildman–Crippen LogP) is 3.70. The molecule has 1 aromatic carbocycles. The summed E-state index contributed by atoms with van der Waals surface area (Å²) in [5.74, 6) is 0.525. The number of carbonyl (C=O) groups is 2. The Morgan fingerprint density at radius 2 is 2.07 bits per heavy atom. The highest BCUT2D eigenvalue weighted by molar-refractivity contribution is 6.09. The molecule has 2 heterocycles. The maximum atomic E-state index is 13.3. The fraction of sp³-hybridized carbons (Fsp3) is 0.261. The summed E-state index contributed by atoms with van der Waals surface area (Å²) in [6.07, 6.45) is 3.74. The summed E-state index contributed by atoms with van der Waals surface area (Å²) < 4.78 is 5.38. The number of Topliss-reactive ketones (excluding diaryl/α,β-unsaturated/α-hetero) is 1. The van der Waals surface area contributed by atoms with Crippen molar-refractivity contribution < 1.29 is 14.3 Å². The molecule has 0 saturated heterocycles. The minimum Gasteiger partial charge on any atom is -0.497 e. The monoisotopic (exact) mass is 389 g/mol. The number of aromatic nitrogens is 1. The SMILES string of the molecule is COc1cccc([C@H]2C(C(=O)Nc3ccccn3)=C(C)NC3=C2C(=O)CCC3)c1. The van der Waals surface area contributed by atoms with Crippen LogP contribution in [-0.4, -0.2) is 23.8 Å². The van der Waals surface area contributed by atoms with Gasteiger partial charge < -0.3 is 15.4 Å². The first kappa shape index (κ1) is 18.9. The molecule has 2 N–H and O–H groups in total. The van der Waals surface area contributed by atoms with Crippen LogP contribution in [0.1, 0.15) is 37.7 Å². The van der Waals surface area contributed by atoms with Crippen LogP contribution in [0.2, 0.25) is 0 Å². The van der Waals surface area contributed by atoms with E-state index < -0.39 is 5.92 Å². The van der Waals surface area contributed by atoms with Gasteiger partial charge in [-0.3, -0.25) is 9.59 Å². The number of nitrogens with one attached hydrogen (secondary N) is 2. The highest BCUT2D eigenvalue weighted by atomic mass is 16.5. The molecule has 0 spiro atoms. The Kier molecular flexibility index (Phi) is 5.16. The molecule has 0 fully saturated rings. The van der Waals surface area contributed by atoms with E-state index in [1.807, 2.05) is 37.3 Å². The summed E-state index contributed by atoms with van der Waals surface area (Å²) in [7, 11) is 1.60. The summed E-state index contributed by atoms with van der Waals surface area (Å²) in [6.45, 7) is 1.88. The van der Waals surface area contributed by atoms with Gasteiger partial charge in [0.05, 0.1) is 7.11 Å². The molecule has 6 nitrogen and oxygen atoms in total. The number of amides is 1. The van der Waals surface area contributed by atoms with Crippen LogP contribution in [0.5, 0.6) is 5.75 Å². The number of anilines is 1. The molecule has 2 aromatic rings. The largest absolute Gasteiger partial charge is 0.497 e. The Hall–Kier alpha value is -3.41. The van der Waals surface area contributed by atoms with Crippen molar-refractivity contribution in [1.82, 2.24) is 10.3 Å². The lowest BCUT2D eigenvalue weighted by Crippen LogP contribution is -2.35. The highest BCUT2D eigenvalue weighted by Crippen LogP contribution is 2.43.